The van der Waals surface area contributed by atoms with Crippen LogP contribution in [0.15, 0.2) is 41.2 Å². The van der Waals surface area contributed by atoms with Crippen LogP contribution in [0, 0.1) is 5.41 Å². The lowest BCUT2D eigenvalue weighted by Gasteiger charge is -2.52. The fraction of sp³-hybridized carbons (Fsp3) is 0.471. The van der Waals surface area contributed by atoms with Crippen molar-refractivity contribution in [1.82, 2.24) is 15.1 Å². The zero-order valence-corrected chi connectivity index (χ0v) is 28.7. The summed E-state index contributed by atoms with van der Waals surface area (Å²) in [5, 5.41) is 4.87. The SMILES string of the molecule is CS(=O)(=O)CC(=O)c1cc(C(F)(F)F)c2cc(OCC34CCC(OCc5c(-c6c(Cl)cncc6Cl)noc5C5CC5)(CC3)CC4)ccc2n1. The Morgan fingerprint density at radius 1 is 1.04 bits per heavy atom. The summed E-state index contributed by atoms with van der Waals surface area (Å²) >= 11 is 12.9. The first-order valence-electron chi connectivity index (χ1n) is 15.9. The van der Waals surface area contributed by atoms with Crippen molar-refractivity contribution in [3.8, 4) is 17.0 Å². The third kappa shape index (κ3) is 7.04. The summed E-state index contributed by atoms with van der Waals surface area (Å²) in [4.78, 5) is 20.5. The van der Waals surface area contributed by atoms with Gasteiger partial charge in [-0.1, -0.05) is 28.4 Å². The van der Waals surface area contributed by atoms with Crippen LogP contribution in [0.1, 0.15) is 84.7 Å². The number of halogens is 5. The van der Waals surface area contributed by atoms with Crippen molar-refractivity contribution >= 4 is 49.7 Å². The number of ether oxygens (including phenoxy) is 2. The summed E-state index contributed by atoms with van der Waals surface area (Å²) in [6.07, 6.45) is 6.00. The number of hydrogen-bond donors (Lipinski definition) is 0. The standard InChI is InChI=1S/C34H32Cl2F3N3O6S/c1-49(44,45)17-28(43)27-13-23(34(37,38)39)21-12-20(4-5-26(21)41-27)46-18-32-6-9-33(10-7-32,11-8-32)47-16-22-30(42-48-31(22)19-2-3-19)29-24(35)14-40-15-25(29)36/h4-5,12-15,19H,2-3,6-11,16-18H2,1H3. The topological polar surface area (TPSA) is 121 Å². The van der Waals surface area contributed by atoms with E-state index in [1.807, 2.05) is 0 Å². The van der Waals surface area contributed by atoms with E-state index in [0.717, 1.165) is 68.9 Å². The van der Waals surface area contributed by atoms with E-state index in [1.165, 1.54) is 30.6 Å². The van der Waals surface area contributed by atoms with Gasteiger partial charge in [-0.05, 0) is 75.6 Å². The molecule has 4 aliphatic rings. The molecule has 0 N–H and O–H groups in total. The number of Topliss-reactive ketones (excluding diaryl/α,β-unsaturated/α-hetero) is 1. The smallest absolute Gasteiger partial charge is 0.417 e. The lowest BCUT2D eigenvalue weighted by Crippen LogP contribution is -2.49. The lowest BCUT2D eigenvalue weighted by molar-refractivity contribution is -0.150. The second-order valence-electron chi connectivity index (χ2n) is 13.6. The van der Waals surface area contributed by atoms with Gasteiger partial charge in [0.1, 0.15) is 28.7 Å². The van der Waals surface area contributed by atoms with Gasteiger partial charge in [0.2, 0.25) is 0 Å². The van der Waals surface area contributed by atoms with Gasteiger partial charge in [-0.25, -0.2) is 13.4 Å². The molecule has 0 spiro atoms. The van der Waals surface area contributed by atoms with Crippen LogP contribution in [0.25, 0.3) is 22.2 Å². The molecule has 0 aliphatic heterocycles. The largest absolute Gasteiger partial charge is 0.493 e. The van der Waals surface area contributed by atoms with E-state index in [4.69, 9.17) is 37.2 Å². The van der Waals surface area contributed by atoms with Gasteiger partial charge < -0.3 is 14.0 Å². The summed E-state index contributed by atoms with van der Waals surface area (Å²) in [6, 6.07) is 4.76. The van der Waals surface area contributed by atoms with E-state index in [-0.39, 0.29) is 27.7 Å². The summed E-state index contributed by atoms with van der Waals surface area (Å²) in [6.45, 7) is 0.631. The highest BCUT2D eigenvalue weighted by atomic mass is 35.5. The van der Waals surface area contributed by atoms with E-state index in [2.05, 4.69) is 15.1 Å². The monoisotopic (exact) mass is 737 g/mol. The Bertz CT molecular complexity index is 2020. The Kier molecular flexibility index (Phi) is 8.73. The van der Waals surface area contributed by atoms with Crippen LogP contribution in [0.5, 0.6) is 5.75 Å². The predicted octanol–water partition coefficient (Wildman–Crippen LogP) is 8.40. The van der Waals surface area contributed by atoms with Crippen LogP contribution < -0.4 is 4.74 Å². The minimum Gasteiger partial charge on any atom is -0.493 e. The van der Waals surface area contributed by atoms with E-state index < -0.39 is 38.8 Å². The Labute approximate surface area is 290 Å². The van der Waals surface area contributed by atoms with Crippen LogP contribution in [0.4, 0.5) is 13.2 Å². The third-order valence-corrected chi connectivity index (χ3v) is 11.4. The number of aromatic nitrogens is 3. The molecule has 3 heterocycles. The number of pyridine rings is 2. The van der Waals surface area contributed by atoms with Gasteiger partial charge in [0.05, 0.1) is 39.9 Å². The Morgan fingerprint density at radius 3 is 2.33 bits per heavy atom. The number of sulfone groups is 1. The van der Waals surface area contributed by atoms with E-state index in [1.54, 1.807) is 0 Å². The molecule has 0 atom stereocenters. The van der Waals surface area contributed by atoms with Crippen LogP contribution in [-0.4, -0.2) is 53.5 Å². The molecule has 0 amide bonds. The van der Waals surface area contributed by atoms with E-state index in [9.17, 15) is 26.4 Å². The first-order chi connectivity index (χ1) is 23.1. The first kappa shape index (κ1) is 34.2. The average Bonchev–Trinajstić information content (AvgIpc) is 3.81. The summed E-state index contributed by atoms with van der Waals surface area (Å²) in [5.41, 5.74) is -0.191. The van der Waals surface area contributed by atoms with Crippen molar-refractivity contribution in [1.29, 1.82) is 0 Å². The Morgan fingerprint density at radius 2 is 1.71 bits per heavy atom. The van der Waals surface area contributed by atoms with Crippen LogP contribution in [-0.2, 0) is 27.4 Å². The number of carbonyl (C=O) groups is 1. The molecule has 1 aromatic carbocycles. The molecule has 49 heavy (non-hydrogen) atoms. The zero-order chi connectivity index (χ0) is 34.8. The number of fused-ring (bicyclic) bond motifs is 4. The van der Waals surface area contributed by atoms with Crippen molar-refractivity contribution in [2.45, 2.75) is 75.7 Å². The van der Waals surface area contributed by atoms with Crippen molar-refractivity contribution < 1.29 is 40.4 Å². The number of nitrogens with zero attached hydrogens (tertiary/aromatic N) is 3. The number of benzene rings is 1. The second-order valence-corrected chi connectivity index (χ2v) is 16.6. The number of alkyl halides is 3. The van der Waals surface area contributed by atoms with Gasteiger partial charge in [-0.15, -0.1) is 0 Å². The number of carbonyl (C=O) groups excluding carboxylic acids is 1. The highest BCUT2D eigenvalue weighted by Gasteiger charge is 2.50. The predicted molar refractivity (Wildman–Crippen MR) is 176 cm³/mol. The molecule has 2 bridgehead atoms. The van der Waals surface area contributed by atoms with Gasteiger partial charge in [0.15, 0.2) is 15.6 Å². The molecule has 4 saturated carbocycles. The van der Waals surface area contributed by atoms with Gasteiger partial charge in [-0.2, -0.15) is 13.2 Å². The Hall–Kier alpha value is -3.26. The maximum absolute atomic E-state index is 14.1. The van der Waals surface area contributed by atoms with E-state index >= 15 is 0 Å². The molecule has 15 heteroatoms. The summed E-state index contributed by atoms with van der Waals surface area (Å²) in [7, 11) is -3.75. The molecular weight excluding hydrogens is 706 g/mol. The van der Waals surface area contributed by atoms with Crippen molar-refractivity contribution in [3.63, 3.8) is 0 Å². The molecule has 260 valence electrons. The molecule has 0 saturated heterocycles. The molecule has 8 rings (SSSR count). The van der Waals surface area contributed by atoms with Crippen LogP contribution in [0.3, 0.4) is 0 Å². The van der Waals surface area contributed by atoms with Gasteiger partial charge >= 0.3 is 6.18 Å². The molecule has 0 unspecified atom stereocenters. The van der Waals surface area contributed by atoms with Gasteiger partial charge in [0, 0.05) is 46.5 Å². The van der Waals surface area contributed by atoms with Gasteiger partial charge in [0.25, 0.3) is 0 Å². The molecule has 4 aliphatic carbocycles. The summed E-state index contributed by atoms with van der Waals surface area (Å²) in [5.74, 6) is -0.583. The maximum atomic E-state index is 14.1. The summed E-state index contributed by atoms with van der Waals surface area (Å²) < 4.78 is 84.0. The lowest BCUT2D eigenvalue weighted by atomic mass is 9.59. The molecule has 0 radical (unpaired) electrons. The third-order valence-electron chi connectivity index (χ3n) is 10.0. The van der Waals surface area contributed by atoms with Crippen molar-refractivity contribution in [2.24, 2.45) is 5.41 Å². The molecule has 4 aromatic rings. The minimum absolute atomic E-state index is 0.0799. The van der Waals surface area contributed by atoms with E-state index in [0.29, 0.717) is 46.5 Å². The number of rotatable bonds is 11. The Balaban J connectivity index is 1.04. The average molecular weight is 739 g/mol. The molecular formula is C34H32Cl2F3N3O6S. The van der Waals surface area contributed by atoms with Crippen LogP contribution >= 0.6 is 23.2 Å². The quantitative estimate of drug-likeness (QED) is 0.140. The first-order valence-corrected chi connectivity index (χ1v) is 18.7. The zero-order valence-electron chi connectivity index (χ0n) is 26.4. The highest BCUT2D eigenvalue weighted by molar-refractivity contribution is 7.91. The minimum atomic E-state index is -4.81. The fourth-order valence-corrected chi connectivity index (χ4v) is 8.24. The molecule has 4 fully saturated rings. The van der Waals surface area contributed by atoms with Crippen molar-refractivity contribution in [2.75, 3.05) is 18.6 Å². The number of hydrogen-bond acceptors (Lipinski definition) is 9. The highest BCUT2D eigenvalue weighted by Crippen LogP contribution is 2.55. The fourth-order valence-electron chi connectivity index (χ4n) is 7.07. The molecule has 9 nitrogen and oxygen atoms in total. The number of ketones is 1. The normalized spacial score (nSPS) is 22.5. The second kappa shape index (κ2) is 12.5. The maximum Gasteiger partial charge on any atom is 0.417 e. The van der Waals surface area contributed by atoms with Gasteiger partial charge in [-0.3, -0.25) is 9.78 Å². The van der Waals surface area contributed by atoms with Crippen molar-refractivity contribution in [3.05, 3.63) is 69.3 Å². The van der Waals surface area contributed by atoms with Crippen LogP contribution in [0.2, 0.25) is 10.0 Å². The molecule has 3 aromatic heterocycles.